The summed E-state index contributed by atoms with van der Waals surface area (Å²) in [6.45, 7) is 1.81. The van der Waals surface area contributed by atoms with Gasteiger partial charge < -0.3 is 15.2 Å². The van der Waals surface area contributed by atoms with Crippen molar-refractivity contribution < 1.29 is 9.47 Å². The van der Waals surface area contributed by atoms with Crippen LogP contribution in [0.5, 0.6) is 5.88 Å². The van der Waals surface area contributed by atoms with Gasteiger partial charge in [-0.05, 0) is 6.92 Å². The summed E-state index contributed by atoms with van der Waals surface area (Å²) in [4.78, 5) is 11.8. The maximum atomic E-state index is 5.35. The second kappa shape index (κ2) is 4.40. The Morgan fingerprint density at radius 3 is 2.71 bits per heavy atom. The minimum Gasteiger partial charge on any atom is -0.481 e. The SMILES string of the molecule is COC(N)=Nc1nc(C)cc(OC)n1. The number of hydrogen-bond donors (Lipinski definition) is 1. The molecular weight excluding hydrogens is 184 g/mol. The van der Waals surface area contributed by atoms with E-state index >= 15 is 0 Å². The highest BCUT2D eigenvalue weighted by Crippen LogP contribution is 2.13. The predicted octanol–water partition coefficient (Wildman–Crippen LogP) is 0.386. The summed E-state index contributed by atoms with van der Waals surface area (Å²) in [5.74, 6) is 0.668. The third-order valence-corrected chi connectivity index (χ3v) is 1.45. The molecule has 76 valence electrons. The van der Waals surface area contributed by atoms with Crippen molar-refractivity contribution in [3.63, 3.8) is 0 Å². The number of aromatic nitrogens is 2. The van der Waals surface area contributed by atoms with E-state index in [1.165, 1.54) is 14.2 Å². The molecule has 1 aromatic heterocycles. The lowest BCUT2D eigenvalue weighted by Gasteiger charge is -2.01. The van der Waals surface area contributed by atoms with Crippen LogP contribution in [0.25, 0.3) is 0 Å². The van der Waals surface area contributed by atoms with Gasteiger partial charge in [-0.2, -0.15) is 9.98 Å². The van der Waals surface area contributed by atoms with Crippen LogP contribution in [-0.2, 0) is 4.74 Å². The van der Waals surface area contributed by atoms with Crippen LogP contribution in [0.4, 0.5) is 5.95 Å². The van der Waals surface area contributed by atoms with E-state index in [4.69, 9.17) is 10.5 Å². The Bertz CT molecular complexity index is 351. The molecule has 0 unspecified atom stereocenters. The molecule has 0 aromatic carbocycles. The molecule has 0 saturated carbocycles. The molecule has 1 rings (SSSR count). The number of rotatable bonds is 2. The van der Waals surface area contributed by atoms with E-state index < -0.39 is 0 Å². The first-order chi connectivity index (χ1) is 6.65. The lowest BCUT2D eigenvalue weighted by Crippen LogP contribution is -2.13. The molecule has 6 nitrogen and oxygen atoms in total. The number of methoxy groups -OCH3 is 2. The first-order valence-electron chi connectivity index (χ1n) is 3.93. The van der Waals surface area contributed by atoms with E-state index in [9.17, 15) is 0 Å². The monoisotopic (exact) mass is 196 g/mol. The van der Waals surface area contributed by atoms with E-state index in [0.29, 0.717) is 5.88 Å². The second-order valence-electron chi connectivity index (χ2n) is 2.51. The van der Waals surface area contributed by atoms with Crippen LogP contribution in [0.2, 0.25) is 0 Å². The molecule has 0 bridgehead atoms. The molecule has 0 fully saturated rings. The summed E-state index contributed by atoms with van der Waals surface area (Å²) in [6, 6.07) is 1.71. The smallest absolute Gasteiger partial charge is 0.289 e. The van der Waals surface area contributed by atoms with E-state index in [0.717, 1.165) is 5.69 Å². The van der Waals surface area contributed by atoms with Crippen molar-refractivity contribution in [2.45, 2.75) is 6.92 Å². The Morgan fingerprint density at radius 1 is 1.43 bits per heavy atom. The maximum Gasteiger partial charge on any atom is 0.289 e. The lowest BCUT2D eigenvalue weighted by molar-refractivity contribution is 0.392. The zero-order chi connectivity index (χ0) is 10.6. The first kappa shape index (κ1) is 10.2. The fraction of sp³-hybridized carbons (Fsp3) is 0.375. The number of hydrogen-bond acceptors (Lipinski definition) is 5. The summed E-state index contributed by atoms with van der Waals surface area (Å²) >= 11 is 0. The van der Waals surface area contributed by atoms with Crippen LogP contribution in [0, 0.1) is 6.92 Å². The highest BCUT2D eigenvalue weighted by atomic mass is 16.5. The fourth-order valence-corrected chi connectivity index (χ4v) is 0.823. The summed E-state index contributed by atoms with van der Waals surface area (Å²) in [6.07, 6.45) is 0. The van der Waals surface area contributed by atoms with Crippen molar-refractivity contribution in [3.05, 3.63) is 11.8 Å². The van der Waals surface area contributed by atoms with Crippen LogP contribution in [0.1, 0.15) is 5.69 Å². The van der Waals surface area contributed by atoms with Crippen molar-refractivity contribution in [2.75, 3.05) is 14.2 Å². The predicted molar refractivity (Wildman–Crippen MR) is 51.6 cm³/mol. The van der Waals surface area contributed by atoms with Gasteiger partial charge in [0.25, 0.3) is 12.0 Å². The summed E-state index contributed by atoms with van der Waals surface area (Å²) < 4.78 is 9.62. The minimum atomic E-state index is 0.0117. The van der Waals surface area contributed by atoms with Gasteiger partial charge >= 0.3 is 0 Å². The zero-order valence-corrected chi connectivity index (χ0v) is 8.31. The van der Waals surface area contributed by atoms with Gasteiger partial charge in [0.2, 0.25) is 5.88 Å². The van der Waals surface area contributed by atoms with E-state index in [2.05, 4.69) is 19.7 Å². The average Bonchev–Trinajstić information content (AvgIpc) is 2.16. The van der Waals surface area contributed by atoms with Gasteiger partial charge in [0.1, 0.15) is 0 Å². The average molecular weight is 196 g/mol. The fourth-order valence-electron chi connectivity index (χ4n) is 0.823. The lowest BCUT2D eigenvalue weighted by atomic mass is 10.4. The quantitative estimate of drug-likeness (QED) is 0.546. The van der Waals surface area contributed by atoms with Gasteiger partial charge in [-0.1, -0.05) is 0 Å². The Morgan fingerprint density at radius 2 is 2.14 bits per heavy atom. The highest BCUT2D eigenvalue weighted by molar-refractivity contribution is 5.73. The number of aryl methyl sites for hydroxylation is 1. The second-order valence-corrected chi connectivity index (χ2v) is 2.51. The molecule has 0 aliphatic carbocycles. The van der Waals surface area contributed by atoms with Gasteiger partial charge in [0.15, 0.2) is 0 Å². The minimum absolute atomic E-state index is 0.0117. The molecule has 14 heavy (non-hydrogen) atoms. The van der Waals surface area contributed by atoms with E-state index in [-0.39, 0.29) is 12.0 Å². The Kier molecular flexibility index (Phi) is 3.22. The molecule has 0 aliphatic rings. The Balaban J connectivity index is 3.03. The zero-order valence-electron chi connectivity index (χ0n) is 8.31. The van der Waals surface area contributed by atoms with E-state index in [1.807, 2.05) is 6.92 Å². The molecule has 0 saturated heterocycles. The normalized spacial score (nSPS) is 11.2. The van der Waals surface area contributed by atoms with Crippen LogP contribution in [0.3, 0.4) is 0 Å². The van der Waals surface area contributed by atoms with E-state index in [1.54, 1.807) is 6.07 Å². The molecule has 0 amide bonds. The van der Waals surface area contributed by atoms with Gasteiger partial charge in [0.05, 0.1) is 14.2 Å². The molecule has 0 radical (unpaired) electrons. The highest BCUT2D eigenvalue weighted by Gasteiger charge is 2.01. The molecular formula is C8H12N4O2. The Hall–Kier alpha value is -1.85. The first-order valence-corrected chi connectivity index (χ1v) is 3.93. The number of nitrogens with zero attached hydrogens (tertiary/aromatic N) is 3. The molecule has 6 heteroatoms. The van der Waals surface area contributed by atoms with Crippen LogP contribution in [0.15, 0.2) is 11.1 Å². The van der Waals surface area contributed by atoms with Crippen LogP contribution < -0.4 is 10.5 Å². The number of amidine groups is 1. The Labute approximate surface area is 81.8 Å². The van der Waals surface area contributed by atoms with Crippen molar-refractivity contribution in [1.82, 2.24) is 9.97 Å². The van der Waals surface area contributed by atoms with Gasteiger partial charge in [-0.25, -0.2) is 4.98 Å². The molecule has 2 N–H and O–H groups in total. The van der Waals surface area contributed by atoms with Crippen molar-refractivity contribution in [2.24, 2.45) is 10.7 Å². The third-order valence-electron chi connectivity index (χ3n) is 1.45. The summed E-state index contributed by atoms with van der Waals surface area (Å²) in [5.41, 5.74) is 6.10. The van der Waals surface area contributed by atoms with Crippen LogP contribution in [-0.4, -0.2) is 30.2 Å². The topological polar surface area (TPSA) is 82.6 Å². The third kappa shape index (κ3) is 2.58. The number of ether oxygens (including phenoxy) is 2. The number of nitrogens with two attached hydrogens (primary N) is 1. The molecule has 1 heterocycles. The molecule has 0 spiro atoms. The number of aliphatic imine (C=N–C) groups is 1. The van der Waals surface area contributed by atoms with Gasteiger partial charge in [0, 0.05) is 11.8 Å². The standard InChI is InChI=1S/C8H12N4O2/c1-5-4-6(13-2)11-8(10-5)12-7(9)14-3/h4H,1-3H3,(H2,9,10,11,12). The van der Waals surface area contributed by atoms with Crippen molar-refractivity contribution in [3.8, 4) is 5.88 Å². The van der Waals surface area contributed by atoms with Crippen molar-refractivity contribution in [1.29, 1.82) is 0 Å². The largest absolute Gasteiger partial charge is 0.481 e. The van der Waals surface area contributed by atoms with Crippen molar-refractivity contribution >= 4 is 12.0 Å². The van der Waals surface area contributed by atoms with Gasteiger partial charge in [-0.15, -0.1) is 0 Å². The molecule has 0 aliphatic heterocycles. The van der Waals surface area contributed by atoms with Crippen LogP contribution >= 0.6 is 0 Å². The maximum absolute atomic E-state index is 5.35. The molecule has 1 aromatic rings. The summed E-state index contributed by atoms with van der Waals surface area (Å²) in [7, 11) is 2.95. The summed E-state index contributed by atoms with van der Waals surface area (Å²) in [5, 5.41) is 0. The van der Waals surface area contributed by atoms with Gasteiger partial charge in [-0.3, -0.25) is 0 Å². The molecule has 0 atom stereocenters.